The summed E-state index contributed by atoms with van der Waals surface area (Å²) in [6.07, 6.45) is 12.9. The summed E-state index contributed by atoms with van der Waals surface area (Å²) in [7, 11) is 2.12. The standard InChI is InChI=1S/C25H32N4O/c1-27-22-10-4-3-9-21(22)26-24(27)20-11-17-28(18-12-20)23(30)19-25(13-5-2-6-14-25)29-15-7-8-16-29/h3-4,7-10,15-16,20H,2,5-6,11-14,17-19H2,1H3. The fourth-order valence-corrected chi connectivity index (χ4v) is 5.70. The van der Waals surface area contributed by atoms with Crippen LogP contribution in [0.15, 0.2) is 48.8 Å². The van der Waals surface area contributed by atoms with Gasteiger partial charge < -0.3 is 14.0 Å². The van der Waals surface area contributed by atoms with E-state index in [1.54, 1.807) is 0 Å². The van der Waals surface area contributed by atoms with Gasteiger partial charge in [-0.2, -0.15) is 0 Å². The third-order valence-electron chi connectivity index (χ3n) is 7.45. The number of amides is 1. The van der Waals surface area contributed by atoms with Gasteiger partial charge in [0.15, 0.2) is 0 Å². The van der Waals surface area contributed by atoms with E-state index in [9.17, 15) is 4.79 Å². The number of aromatic nitrogens is 3. The van der Waals surface area contributed by atoms with Crippen molar-refractivity contribution in [3.63, 3.8) is 0 Å². The molecule has 2 fully saturated rings. The minimum atomic E-state index is -0.0208. The molecule has 158 valence electrons. The number of nitrogens with zero attached hydrogens (tertiary/aromatic N) is 4. The second-order valence-electron chi connectivity index (χ2n) is 9.22. The molecule has 1 aliphatic heterocycles. The maximum atomic E-state index is 13.3. The molecule has 0 spiro atoms. The van der Waals surface area contributed by atoms with Gasteiger partial charge in [0.1, 0.15) is 5.82 Å². The van der Waals surface area contributed by atoms with Gasteiger partial charge in [0.2, 0.25) is 5.91 Å². The van der Waals surface area contributed by atoms with E-state index in [0.29, 0.717) is 18.2 Å². The second kappa shape index (κ2) is 7.93. The number of likely N-dealkylation sites (tertiary alicyclic amines) is 1. The van der Waals surface area contributed by atoms with Crippen LogP contribution in [0.4, 0.5) is 0 Å². The molecule has 0 atom stereocenters. The molecule has 5 rings (SSSR count). The lowest BCUT2D eigenvalue weighted by molar-refractivity contribution is -0.135. The van der Waals surface area contributed by atoms with Gasteiger partial charge in [-0.1, -0.05) is 31.4 Å². The van der Waals surface area contributed by atoms with E-state index in [0.717, 1.165) is 44.3 Å². The molecule has 30 heavy (non-hydrogen) atoms. The Hall–Kier alpha value is -2.56. The molecule has 1 aromatic carbocycles. The van der Waals surface area contributed by atoms with Crippen molar-refractivity contribution in [2.75, 3.05) is 13.1 Å². The first-order valence-corrected chi connectivity index (χ1v) is 11.5. The number of hydrogen-bond acceptors (Lipinski definition) is 2. The van der Waals surface area contributed by atoms with Crippen LogP contribution in [-0.2, 0) is 17.4 Å². The normalized spacial score (nSPS) is 20.0. The van der Waals surface area contributed by atoms with E-state index < -0.39 is 0 Å². The van der Waals surface area contributed by atoms with Gasteiger partial charge in [0, 0.05) is 38.4 Å². The van der Waals surface area contributed by atoms with Gasteiger partial charge in [-0.3, -0.25) is 4.79 Å². The van der Waals surface area contributed by atoms with Crippen molar-refractivity contribution in [2.45, 2.75) is 62.8 Å². The van der Waals surface area contributed by atoms with Crippen molar-refractivity contribution in [2.24, 2.45) is 7.05 Å². The molecule has 5 nitrogen and oxygen atoms in total. The van der Waals surface area contributed by atoms with Gasteiger partial charge in [-0.05, 0) is 49.9 Å². The molecule has 3 aromatic rings. The van der Waals surface area contributed by atoms with Crippen molar-refractivity contribution >= 4 is 16.9 Å². The molecule has 5 heteroatoms. The van der Waals surface area contributed by atoms with Crippen molar-refractivity contribution < 1.29 is 4.79 Å². The Morgan fingerprint density at radius 2 is 1.73 bits per heavy atom. The minimum Gasteiger partial charge on any atom is -0.348 e. The van der Waals surface area contributed by atoms with Crippen molar-refractivity contribution in [1.29, 1.82) is 0 Å². The number of carbonyl (C=O) groups excluding carboxylic acids is 1. The summed E-state index contributed by atoms with van der Waals surface area (Å²) in [5.41, 5.74) is 2.24. The van der Waals surface area contributed by atoms with Gasteiger partial charge >= 0.3 is 0 Å². The van der Waals surface area contributed by atoms with Crippen LogP contribution >= 0.6 is 0 Å². The summed E-state index contributed by atoms with van der Waals surface area (Å²) in [4.78, 5) is 20.3. The number of hydrogen-bond donors (Lipinski definition) is 0. The molecule has 1 amide bonds. The monoisotopic (exact) mass is 404 g/mol. The molecule has 1 aliphatic carbocycles. The highest BCUT2D eigenvalue weighted by Gasteiger charge is 2.37. The summed E-state index contributed by atoms with van der Waals surface area (Å²) in [6, 6.07) is 12.5. The van der Waals surface area contributed by atoms with Crippen LogP contribution in [0.3, 0.4) is 0 Å². The number of benzene rings is 1. The van der Waals surface area contributed by atoms with E-state index in [-0.39, 0.29) is 5.54 Å². The zero-order chi connectivity index (χ0) is 20.6. The van der Waals surface area contributed by atoms with Gasteiger partial charge in [0.25, 0.3) is 0 Å². The van der Waals surface area contributed by atoms with Crippen LogP contribution in [0.2, 0.25) is 0 Å². The molecule has 0 unspecified atom stereocenters. The highest BCUT2D eigenvalue weighted by Crippen LogP contribution is 2.39. The minimum absolute atomic E-state index is 0.0208. The predicted octanol–water partition coefficient (Wildman–Crippen LogP) is 4.83. The molecule has 2 aromatic heterocycles. The summed E-state index contributed by atoms with van der Waals surface area (Å²) in [6.45, 7) is 1.68. The Morgan fingerprint density at radius 1 is 1.03 bits per heavy atom. The summed E-state index contributed by atoms with van der Waals surface area (Å²) in [5.74, 6) is 1.92. The Labute approximate surface area is 178 Å². The van der Waals surface area contributed by atoms with Crippen molar-refractivity contribution in [1.82, 2.24) is 19.0 Å². The third kappa shape index (κ3) is 3.44. The molecule has 2 aliphatic rings. The first-order valence-electron chi connectivity index (χ1n) is 11.5. The van der Waals surface area contributed by atoms with E-state index >= 15 is 0 Å². The van der Waals surface area contributed by atoms with Gasteiger partial charge in [-0.15, -0.1) is 0 Å². The number of imidazole rings is 1. The Balaban J connectivity index is 1.27. The molecule has 0 N–H and O–H groups in total. The lowest BCUT2D eigenvalue weighted by Crippen LogP contribution is -2.44. The van der Waals surface area contributed by atoms with Crippen LogP contribution in [0.5, 0.6) is 0 Å². The zero-order valence-electron chi connectivity index (χ0n) is 18.0. The topological polar surface area (TPSA) is 43.1 Å². The highest BCUT2D eigenvalue weighted by atomic mass is 16.2. The largest absolute Gasteiger partial charge is 0.348 e. The van der Waals surface area contributed by atoms with Crippen LogP contribution in [0, 0.1) is 0 Å². The highest BCUT2D eigenvalue weighted by molar-refractivity contribution is 5.77. The van der Waals surface area contributed by atoms with E-state index in [2.05, 4.69) is 63.8 Å². The third-order valence-corrected chi connectivity index (χ3v) is 7.45. The van der Waals surface area contributed by atoms with Crippen molar-refractivity contribution in [3.05, 3.63) is 54.6 Å². The number of para-hydroxylation sites is 2. The zero-order valence-corrected chi connectivity index (χ0v) is 18.0. The smallest absolute Gasteiger partial charge is 0.224 e. The molecule has 0 radical (unpaired) electrons. The number of rotatable bonds is 4. The molecular formula is C25H32N4O. The predicted molar refractivity (Wildman–Crippen MR) is 119 cm³/mol. The molecule has 3 heterocycles. The van der Waals surface area contributed by atoms with Gasteiger partial charge in [-0.25, -0.2) is 4.98 Å². The first-order chi connectivity index (χ1) is 14.7. The molecule has 1 saturated heterocycles. The molecule has 1 saturated carbocycles. The molecule has 0 bridgehead atoms. The SMILES string of the molecule is Cn1c(C2CCN(C(=O)CC3(n4cccc4)CCCCC3)CC2)nc2ccccc21. The molecular weight excluding hydrogens is 372 g/mol. The fraction of sp³-hybridized carbons (Fsp3) is 0.520. The van der Waals surface area contributed by atoms with E-state index in [1.165, 1.54) is 30.6 Å². The second-order valence-corrected chi connectivity index (χ2v) is 9.22. The maximum Gasteiger partial charge on any atom is 0.224 e. The number of fused-ring (bicyclic) bond motifs is 1. The van der Waals surface area contributed by atoms with Crippen molar-refractivity contribution in [3.8, 4) is 0 Å². The number of piperidine rings is 1. The summed E-state index contributed by atoms with van der Waals surface area (Å²) >= 11 is 0. The average Bonchev–Trinajstić information content (AvgIpc) is 3.44. The van der Waals surface area contributed by atoms with Crippen LogP contribution in [0.1, 0.15) is 63.1 Å². The van der Waals surface area contributed by atoms with Gasteiger partial charge in [0.05, 0.1) is 23.0 Å². The van der Waals surface area contributed by atoms with Crippen LogP contribution in [0.25, 0.3) is 11.0 Å². The average molecular weight is 405 g/mol. The lowest BCUT2D eigenvalue weighted by Gasteiger charge is -2.41. The summed E-state index contributed by atoms with van der Waals surface area (Å²) in [5, 5.41) is 0. The Bertz CT molecular complexity index is 1010. The first kappa shape index (κ1) is 19.4. The quantitative estimate of drug-likeness (QED) is 0.625. The van der Waals surface area contributed by atoms with Crippen LogP contribution < -0.4 is 0 Å². The van der Waals surface area contributed by atoms with E-state index in [1.807, 2.05) is 6.07 Å². The van der Waals surface area contributed by atoms with E-state index in [4.69, 9.17) is 4.98 Å². The maximum absolute atomic E-state index is 13.3. The Kier molecular flexibility index (Phi) is 5.13. The number of carbonyl (C=O) groups is 1. The Morgan fingerprint density at radius 3 is 2.43 bits per heavy atom. The summed E-state index contributed by atoms with van der Waals surface area (Å²) < 4.78 is 4.55. The fourth-order valence-electron chi connectivity index (χ4n) is 5.70. The van der Waals surface area contributed by atoms with Crippen LogP contribution in [-0.4, -0.2) is 38.0 Å². The lowest BCUT2D eigenvalue weighted by atomic mass is 9.78. The number of aryl methyl sites for hydroxylation is 1.